The summed E-state index contributed by atoms with van der Waals surface area (Å²) in [5.41, 5.74) is 13.5. The first-order valence-electron chi connectivity index (χ1n) is 15.3. The lowest BCUT2D eigenvalue weighted by molar-refractivity contribution is 0.0821. The Balaban J connectivity index is 1.17. The van der Waals surface area contributed by atoms with Crippen LogP contribution in [0.15, 0.2) is 73.1 Å². The van der Waals surface area contributed by atoms with Crippen LogP contribution in [0, 0.1) is 13.8 Å². The Morgan fingerprint density at radius 2 is 1.61 bits per heavy atom. The van der Waals surface area contributed by atoms with Gasteiger partial charge in [-0.2, -0.15) is 0 Å². The Hall–Kier alpha value is -3.76. The first kappa shape index (κ1) is 26.2. The van der Waals surface area contributed by atoms with E-state index in [1.54, 1.807) is 0 Å². The molecule has 7 rings (SSSR count). The van der Waals surface area contributed by atoms with E-state index in [9.17, 15) is 0 Å². The van der Waals surface area contributed by atoms with Crippen molar-refractivity contribution in [2.45, 2.75) is 77.8 Å². The molecule has 1 saturated heterocycles. The molecule has 0 amide bonds. The van der Waals surface area contributed by atoms with Gasteiger partial charge >= 0.3 is 0 Å². The summed E-state index contributed by atoms with van der Waals surface area (Å²) in [6.45, 7) is 10.4. The Morgan fingerprint density at radius 3 is 2.39 bits per heavy atom. The minimum absolute atomic E-state index is 0.305. The van der Waals surface area contributed by atoms with Crippen molar-refractivity contribution >= 4 is 11.0 Å². The zero-order valence-corrected chi connectivity index (χ0v) is 24.8. The van der Waals surface area contributed by atoms with Gasteiger partial charge < -0.3 is 4.98 Å². The molecule has 0 saturated carbocycles. The SMILES string of the molecule is Cc1ccc(C)c(-c2ccc(-c3c[nH]c4ncc(-c5ccc6c(c5)CC[C@@](C)(N5CCC[C@H]5C)CC6)cc34)cc2)n1. The Kier molecular flexibility index (Phi) is 6.54. The van der Waals surface area contributed by atoms with Gasteiger partial charge in [-0.25, -0.2) is 4.98 Å². The van der Waals surface area contributed by atoms with E-state index >= 15 is 0 Å². The summed E-state index contributed by atoms with van der Waals surface area (Å²) >= 11 is 0. The summed E-state index contributed by atoms with van der Waals surface area (Å²) in [7, 11) is 0. The number of hydrogen-bond donors (Lipinski definition) is 1. The van der Waals surface area contributed by atoms with Crippen molar-refractivity contribution in [1.82, 2.24) is 19.9 Å². The number of H-pyrrole nitrogens is 1. The molecule has 2 atom stereocenters. The summed E-state index contributed by atoms with van der Waals surface area (Å²) in [5, 5.41) is 1.16. The number of aryl methyl sites for hydroxylation is 4. The van der Waals surface area contributed by atoms with Gasteiger partial charge in [-0.3, -0.25) is 9.88 Å². The summed E-state index contributed by atoms with van der Waals surface area (Å²) < 4.78 is 0. The van der Waals surface area contributed by atoms with E-state index < -0.39 is 0 Å². The topological polar surface area (TPSA) is 44.8 Å². The molecule has 0 unspecified atom stereocenters. The molecular formula is C37H40N4. The summed E-state index contributed by atoms with van der Waals surface area (Å²) in [4.78, 5) is 15.8. The number of aromatic nitrogens is 3. The van der Waals surface area contributed by atoms with Crippen molar-refractivity contribution in [3.8, 4) is 33.5 Å². The highest BCUT2D eigenvalue weighted by Crippen LogP contribution is 2.38. The van der Waals surface area contributed by atoms with Crippen molar-refractivity contribution < 1.29 is 0 Å². The van der Waals surface area contributed by atoms with E-state index in [1.165, 1.54) is 77.6 Å². The van der Waals surface area contributed by atoms with Gasteiger partial charge in [0, 0.05) is 51.7 Å². The number of likely N-dealkylation sites (tertiary alicyclic amines) is 1. The highest BCUT2D eigenvalue weighted by Gasteiger charge is 2.38. The van der Waals surface area contributed by atoms with E-state index in [2.05, 4.69) is 97.5 Å². The zero-order valence-electron chi connectivity index (χ0n) is 24.8. The van der Waals surface area contributed by atoms with Gasteiger partial charge in [0.1, 0.15) is 5.65 Å². The number of fused-ring (bicyclic) bond motifs is 2. The highest BCUT2D eigenvalue weighted by atomic mass is 15.2. The van der Waals surface area contributed by atoms with Crippen LogP contribution in [0.25, 0.3) is 44.5 Å². The van der Waals surface area contributed by atoms with Crippen molar-refractivity contribution in [3.05, 3.63) is 95.4 Å². The normalized spacial score (nSPS) is 21.2. The molecule has 4 nitrogen and oxygen atoms in total. The molecule has 0 spiro atoms. The van der Waals surface area contributed by atoms with Crippen LogP contribution in [0.1, 0.15) is 61.9 Å². The molecule has 1 aliphatic heterocycles. The fourth-order valence-electron chi connectivity index (χ4n) is 7.36. The smallest absolute Gasteiger partial charge is 0.137 e. The van der Waals surface area contributed by atoms with Crippen LogP contribution >= 0.6 is 0 Å². The van der Waals surface area contributed by atoms with Gasteiger partial charge in [0.05, 0.1) is 5.69 Å². The molecule has 3 aromatic heterocycles. The van der Waals surface area contributed by atoms with Gasteiger partial charge in [-0.1, -0.05) is 48.5 Å². The molecule has 5 aromatic rings. The second-order valence-electron chi connectivity index (χ2n) is 12.7. The second-order valence-corrected chi connectivity index (χ2v) is 12.7. The lowest BCUT2D eigenvalue weighted by Gasteiger charge is -2.41. The number of aromatic amines is 1. The molecule has 2 aliphatic rings. The van der Waals surface area contributed by atoms with Gasteiger partial charge in [0.2, 0.25) is 0 Å². The summed E-state index contributed by atoms with van der Waals surface area (Å²) in [5.74, 6) is 0. The monoisotopic (exact) mass is 540 g/mol. The number of pyridine rings is 2. The maximum Gasteiger partial charge on any atom is 0.137 e. The average Bonchev–Trinajstić information content (AvgIpc) is 3.58. The number of rotatable bonds is 4. The van der Waals surface area contributed by atoms with Crippen LogP contribution in [0.4, 0.5) is 0 Å². The maximum absolute atomic E-state index is 4.83. The van der Waals surface area contributed by atoms with Crippen LogP contribution in [0.2, 0.25) is 0 Å². The fourth-order valence-corrected chi connectivity index (χ4v) is 7.36. The standard InChI is InChI=1S/C37H40N4/c1-24-7-8-25(2)40-35(24)29-12-10-28(11-13-29)34-23-39-36-33(34)21-32(22-38-36)30-14-9-27-15-17-37(4,18-16-31(27)20-30)41-19-5-6-26(41)3/h7-14,20-23,26H,5-6,15-19H2,1-4H3,(H,38,39)/t26-,37+/m1/s1. The fraction of sp³-hybridized carbons (Fsp3) is 0.351. The molecule has 1 aliphatic carbocycles. The summed E-state index contributed by atoms with van der Waals surface area (Å²) in [6, 6.07) is 23.1. The average molecular weight is 541 g/mol. The number of hydrogen-bond acceptors (Lipinski definition) is 3. The molecular weight excluding hydrogens is 500 g/mol. The van der Waals surface area contributed by atoms with Gasteiger partial charge in [-0.05, 0) is 113 Å². The number of nitrogens with one attached hydrogen (secondary N) is 1. The van der Waals surface area contributed by atoms with Crippen molar-refractivity contribution in [1.29, 1.82) is 0 Å². The van der Waals surface area contributed by atoms with E-state index in [0.29, 0.717) is 11.6 Å². The Bertz CT molecular complexity index is 1730. The second kappa shape index (κ2) is 10.3. The van der Waals surface area contributed by atoms with E-state index in [0.717, 1.165) is 34.4 Å². The Labute approximate surface area is 243 Å². The third-order valence-corrected chi connectivity index (χ3v) is 9.89. The number of nitrogens with zero attached hydrogens (tertiary/aromatic N) is 3. The van der Waals surface area contributed by atoms with Gasteiger partial charge in [0.15, 0.2) is 0 Å². The molecule has 41 heavy (non-hydrogen) atoms. The maximum atomic E-state index is 4.83. The zero-order chi connectivity index (χ0) is 28.1. The van der Waals surface area contributed by atoms with E-state index in [-0.39, 0.29) is 0 Å². The van der Waals surface area contributed by atoms with Crippen molar-refractivity contribution in [3.63, 3.8) is 0 Å². The lowest BCUT2D eigenvalue weighted by Crippen LogP contribution is -2.48. The quantitative estimate of drug-likeness (QED) is 0.232. The summed E-state index contributed by atoms with van der Waals surface area (Å²) in [6.07, 6.45) is 11.6. The Morgan fingerprint density at radius 1 is 0.854 bits per heavy atom. The van der Waals surface area contributed by atoms with E-state index in [4.69, 9.17) is 9.97 Å². The van der Waals surface area contributed by atoms with Crippen LogP contribution < -0.4 is 0 Å². The largest absolute Gasteiger partial charge is 0.346 e. The predicted molar refractivity (Wildman–Crippen MR) is 170 cm³/mol. The third-order valence-electron chi connectivity index (χ3n) is 9.89. The van der Waals surface area contributed by atoms with Crippen LogP contribution in [-0.2, 0) is 12.8 Å². The molecule has 1 N–H and O–H groups in total. The molecule has 1 fully saturated rings. The van der Waals surface area contributed by atoms with Crippen LogP contribution in [0.3, 0.4) is 0 Å². The molecule has 2 aromatic carbocycles. The first-order chi connectivity index (χ1) is 19.9. The lowest BCUT2D eigenvalue weighted by atomic mass is 9.89. The molecule has 0 bridgehead atoms. The van der Waals surface area contributed by atoms with Crippen LogP contribution in [0.5, 0.6) is 0 Å². The minimum atomic E-state index is 0.305. The van der Waals surface area contributed by atoms with E-state index in [1.807, 2.05) is 13.1 Å². The van der Waals surface area contributed by atoms with Gasteiger partial charge in [0.25, 0.3) is 0 Å². The molecule has 0 radical (unpaired) electrons. The molecule has 208 valence electrons. The van der Waals surface area contributed by atoms with Gasteiger partial charge in [-0.15, -0.1) is 0 Å². The minimum Gasteiger partial charge on any atom is -0.346 e. The highest BCUT2D eigenvalue weighted by molar-refractivity contribution is 5.96. The van der Waals surface area contributed by atoms with Crippen molar-refractivity contribution in [2.24, 2.45) is 0 Å². The first-order valence-corrected chi connectivity index (χ1v) is 15.3. The number of benzene rings is 2. The molecule has 4 heterocycles. The van der Waals surface area contributed by atoms with Crippen molar-refractivity contribution in [2.75, 3.05) is 6.54 Å². The predicted octanol–water partition coefficient (Wildman–Crippen LogP) is 8.70. The molecule has 4 heteroatoms. The third kappa shape index (κ3) is 4.78. The van der Waals surface area contributed by atoms with Crippen LogP contribution in [-0.4, -0.2) is 38.0 Å².